The number of aromatic nitrogens is 1. The highest BCUT2D eigenvalue weighted by Gasteiger charge is 1.98. The monoisotopic (exact) mass is 159 g/mol. The highest BCUT2D eigenvalue weighted by atomic mass is 14.7. The molecule has 1 aromatic heterocycles. The van der Waals surface area contributed by atoms with Crippen molar-refractivity contribution < 1.29 is 0 Å². The van der Waals surface area contributed by atoms with Crippen molar-refractivity contribution in [2.75, 3.05) is 0 Å². The van der Waals surface area contributed by atoms with Crippen LogP contribution in [-0.4, -0.2) is 4.98 Å². The number of pyridine rings is 1. The van der Waals surface area contributed by atoms with Crippen LogP contribution in [-0.2, 0) is 6.42 Å². The first-order chi connectivity index (χ1) is 5.88. The summed E-state index contributed by atoms with van der Waals surface area (Å²) in [6, 6.07) is 3.99. The Kier molecular flexibility index (Phi) is 3.35. The molecule has 0 spiro atoms. The van der Waals surface area contributed by atoms with Gasteiger partial charge in [-0.2, -0.15) is 0 Å². The summed E-state index contributed by atoms with van der Waals surface area (Å²) in [6.45, 7) is 2.17. The van der Waals surface area contributed by atoms with Gasteiger partial charge in [-0.3, -0.25) is 0 Å². The van der Waals surface area contributed by atoms with Crippen molar-refractivity contribution >= 4 is 0 Å². The van der Waals surface area contributed by atoms with Gasteiger partial charge in [0.25, 0.3) is 0 Å². The van der Waals surface area contributed by atoms with Crippen LogP contribution < -0.4 is 0 Å². The highest BCUT2D eigenvalue weighted by molar-refractivity contribution is 5.33. The molecule has 0 saturated heterocycles. The molecule has 0 atom stereocenters. The molecule has 0 aliphatic rings. The third-order valence-electron chi connectivity index (χ3n) is 1.83. The Morgan fingerprint density at radius 3 is 3.08 bits per heavy atom. The minimum absolute atomic E-state index is 0.797. The van der Waals surface area contributed by atoms with Gasteiger partial charge in [0.05, 0.1) is 0 Å². The summed E-state index contributed by atoms with van der Waals surface area (Å²) in [5, 5.41) is 0. The van der Waals surface area contributed by atoms with E-state index in [2.05, 4.69) is 23.9 Å². The second-order valence-electron chi connectivity index (χ2n) is 2.76. The Morgan fingerprint density at radius 2 is 2.42 bits per heavy atom. The van der Waals surface area contributed by atoms with Crippen LogP contribution in [0.25, 0.3) is 0 Å². The lowest BCUT2D eigenvalue weighted by Gasteiger charge is -2.00. The molecule has 0 N–H and O–H groups in total. The summed E-state index contributed by atoms with van der Waals surface area (Å²) in [7, 11) is 0. The van der Waals surface area contributed by atoms with Gasteiger partial charge in [0.1, 0.15) is 5.69 Å². The average molecular weight is 159 g/mol. The molecule has 0 aromatic carbocycles. The number of unbranched alkanes of at least 4 members (excludes halogenated alkanes) is 1. The topological polar surface area (TPSA) is 12.9 Å². The molecule has 12 heavy (non-hydrogen) atoms. The fourth-order valence-electron chi connectivity index (χ4n) is 1.14. The SMILES string of the molecule is C#Cc1ncccc1CCCC. The molecule has 1 aromatic rings. The first kappa shape index (κ1) is 8.80. The molecule has 0 saturated carbocycles. The van der Waals surface area contributed by atoms with Crippen molar-refractivity contribution in [2.45, 2.75) is 26.2 Å². The molecular weight excluding hydrogens is 146 g/mol. The van der Waals surface area contributed by atoms with Crippen LogP contribution in [0.15, 0.2) is 18.3 Å². The van der Waals surface area contributed by atoms with Gasteiger partial charge in [-0.25, -0.2) is 4.98 Å². The minimum atomic E-state index is 0.797. The molecule has 0 aliphatic heterocycles. The van der Waals surface area contributed by atoms with Crippen molar-refractivity contribution in [3.05, 3.63) is 29.6 Å². The van der Waals surface area contributed by atoms with Gasteiger partial charge < -0.3 is 0 Å². The summed E-state index contributed by atoms with van der Waals surface area (Å²) in [5.41, 5.74) is 1.99. The highest BCUT2D eigenvalue weighted by Crippen LogP contribution is 2.07. The summed E-state index contributed by atoms with van der Waals surface area (Å²) >= 11 is 0. The maximum Gasteiger partial charge on any atom is 0.116 e. The quantitative estimate of drug-likeness (QED) is 0.617. The van der Waals surface area contributed by atoms with E-state index in [1.807, 2.05) is 6.07 Å². The molecule has 0 unspecified atom stereocenters. The van der Waals surface area contributed by atoms with E-state index in [9.17, 15) is 0 Å². The van der Waals surface area contributed by atoms with Crippen LogP contribution in [0.3, 0.4) is 0 Å². The van der Waals surface area contributed by atoms with E-state index in [0.717, 1.165) is 12.1 Å². The van der Waals surface area contributed by atoms with Crippen LogP contribution in [0.2, 0.25) is 0 Å². The van der Waals surface area contributed by atoms with Crippen molar-refractivity contribution in [1.29, 1.82) is 0 Å². The van der Waals surface area contributed by atoms with Gasteiger partial charge in [0, 0.05) is 6.20 Å². The number of aryl methyl sites for hydroxylation is 1. The number of rotatable bonds is 3. The van der Waals surface area contributed by atoms with E-state index in [1.54, 1.807) is 6.20 Å². The number of nitrogens with zero attached hydrogens (tertiary/aromatic N) is 1. The molecule has 1 heterocycles. The van der Waals surface area contributed by atoms with Crippen LogP contribution in [0.1, 0.15) is 31.0 Å². The summed E-state index contributed by atoms with van der Waals surface area (Å²) < 4.78 is 0. The molecule has 1 rings (SSSR count). The molecule has 0 aliphatic carbocycles. The molecular formula is C11H13N. The van der Waals surface area contributed by atoms with Gasteiger partial charge >= 0.3 is 0 Å². The molecule has 62 valence electrons. The van der Waals surface area contributed by atoms with Crippen LogP contribution in [0.5, 0.6) is 0 Å². The van der Waals surface area contributed by atoms with E-state index in [4.69, 9.17) is 6.42 Å². The third kappa shape index (κ3) is 2.10. The maximum atomic E-state index is 5.31. The van der Waals surface area contributed by atoms with Crippen molar-refractivity contribution in [3.8, 4) is 12.3 Å². The van der Waals surface area contributed by atoms with Crippen LogP contribution >= 0.6 is 0 Å². The Balaban J connectivity index is 2.77. The fraction of sp³-hybridized carbons (Fsp3) is 0.364. The van der Waals surface area contributed by atoms with E-state index >= 15 is 0 Å². The predicted octanol–water partition coefficient (Wildman–Crippen LogP) is 2.41. The standard InChI is InChI=1S/C11H13N/c1-3-5-7-10-8-6-9-12-11(10)4-2/h2,6,8-9H,3,5,7H2,1H3. The van der Waals surface area contributed by atoms with Gasteiger partial charge in [-0.05, 0) is 30.4 Å². The number of hydrogen-bond acceptors (Lipinski definition) is 1. The summed E-state index contributed by atoms with van der Waals surface area (Å²) in [6.07, 6.45) is 10.5. The van der Waals surface area contributed by atoms with E-state index < -0.39 is 0 Å². The van der Waals surface area contributed by atoms with Crippen molar-refractivity contribution in [3.63, 3.8) is 0 Å². The van der Waals surface area contributed by atoms with E-state index in [0.29, 0.717) is 0 Å². The lowest BCUT2D eigenvalue weighted by molar-refractivity contribution is 0.790. The normalized spacial score (nSPS) is 9.33. The van der Waals surface area contributed by atoms with Gasteiger partial charge in [0.15, 0.2) is 0 Å². The largest absolute Gasteiger partial charge is 0.248 e. The third-order valence-corrected chi connectivity index (χ3v) is 1.83. The summed E-state index contributed by atoms with van der Waals surface area (Å²) in [5.74, 6) is 2.59. The second-order valence-corrected chi connectivity index (χ2v) is 2.76. The molecule has 1 nitrogen and oxygen atoms in total. The van der Waals surface area contributed by atoms with Crippen molar-refractivity contribution in [1.82, 2.24) is 4.98 Å². The van der Waals surface area contributed by atoms with Crippen LogP contribution in [0.4, 0.5) is 0 Å². The summed E-state index contributed by atoms with van der Waals surface area (Å²) in [4.78, 5) is 4.11. The lowest BCUT2D eigenvalue weighted by Crippen LogP contribution is -1.92. The lowest BCUT2D eigenvalue weighted by atomic mass is 10.1. The maximum absolute atomic E-state index is 5.31. The number of terminal acetylenes is 1. The van der Waals surface area contributed by atoms with Gasteiger partial charge in [0.2, 0.25) is 0 Å². The predicted molar refractivity (Wildman–Crippen MR) is 50.8 cm³/mol. The van der Waals surface area contributed by atoms with Crippen LogP contribution in [0, 0.1) is 12.3 Å². The zero-order chi connectivity index (χ0) is 8.81. The Labute approximate surface area is 73.8 Å². The first-order valence-electron chi connectivity index (χ1n) is 4.29. The zero-order valence-electron chi connectivity index (χ0n) is 7.38. The first-order valence-corrected chi connectivity index (χ1v) is 4.29. The zero-order valence-corrected chi connectivity index (χ0v) is 7.38. The number of hydrogen-bond donors (Lipinski definition) is 0. The average Bonchev–Trinajstić information content (AvgIpc) is 2.15. The molecule has 0 fully saturated rings. The second kappa shape index (κ2) is 4.56. The van der Waals surface area contributed by atoms with Gasteiger partial charge in [-0.1, -0.05) is 19.4 Å². The molecule has 1 heteroatoms. The van der Waals surface area contributed by atoms with Gasteiger partial charge in [-0.15, -0.1) is 6.42 Å². The minimum Gasteiger partial charge on any atom is -0.248 e. The smallest absolute Gasteiger partial charge is 0.116 e. The van der Waals surface area contributed by atoms with E-state index in [-0.39, 0.29) is 0 Å². The Hall–Kier alpha value is -1.29. The Morgan fingerprint density at radius 1 is 1.58 bits per heavy atom. The van der Waals surface area contributed by atoms with Crippen molar-refractivity contribution in [2.24, 2.45) is 0 Å². The Bertz CT molecular complexity index is 283. The molecule has 0 bridgehead atoms. The fourth-order valence-corrected chi connectivity index (χ4v) is 1.14. The molecule has 0 radical (unpaired) electrons. The van der Waals surface area contributed by atoms with E-state index in [1.165, 1.54) is 18.4 Å². The molecule has 0 amide bonds.